The van der Waals surface area contributed by atoms with Gasteiger partial charge in [0, 0.05) is 25.6 Å². The molecule has 0 aliphatic heterocycles. The van der Waals surface area contributed by atoms with E-state index in [0.717, 1.165) is 0 Å². The summed E-state index contributed by atoms with van der Waals surface area (Å²) in [5, 5.41) is 20.7. The maximum Gasteiger partial charge on any atom is 0.0440 e. The second-order valence-corrected chi connectivity index (χ2v) is 16.9. The largest absolute Gasteiger partial charge is 0.134 e. The summed E-state index contributed by atoms with van der Waals surface area (Å²) in [6, 6.07) is 76.9. The van der Waals surface area contributed by atoms with Crippen molar-refractivity contribution < 1.29 is 0 Å². The molecule has 59 heavy (non-hydrogen) atoms. The fourth-order valence-electron chi connectivity index (χ4n) is 10.3. The van der Waals surface area contributed by atoms with Crippen molar-refractivity contribution in [3.8, 4) is 33.4 Å². The quantitative estimate of drug-likeness (QED) is 0.124. The van der Waals surface area contributed by atoms with Crippen LogP contribution in [0.2, 0.25) is 0 Å². The first-order chi connectivity index (χ1) is 29.3. The zero-order valence-electron chi connectivity index (χ0n) is 32.0. The number of rotatable bonds is 3. The van der Waals surface area contributed by atoms with E-state index < -0.39 is 0 Å². The van der Waals surface area contributed by atoms with Gasteiger partial charge in [0.25, 0.3) is 0 Å². The number of hydrogen-bond acceptors (Lipinski definition) is 1. The summed E-state index contributed by atoms with van der Waals surface area (Å²) >= 11 is 1.94. The van der Waals surface area contributed by atoms with Crippen LogP contribution in [-0.4, -0.2) is 0 Å². The molecule has 12 aromatic carbocycles. The summed E-state index contributed by atoms with van der Waals surface area (Å²) in [6.45, 7) is 0. The minimum Gasteiger partial charge on any atom is -0.134 e. The Balaban J connectivity index is 1.06. The molecule has 0 fully saturated rings. The second-order valence-electron chi connectivity index (χ2n) is 15.8. The minimum atomic E-state index is 1.23. The van der Waals surface area contributed by atoms with Gasteiger partial charge in [-0.3, -0.25) is 0 Å². The first-order valence-electron chi connectivity index (χ1n) is 20.4. The Bertz CT molecular complexity index is 3840. The molecule has 0 unspecified atom stereocenters. The lowest BCUT2D eigenvalue weighted by molar-refractivity contribution is 1.67. The molecule has 1 heterocycles. The fourth-order valence-corrected chi connectivity index (χ4v) is 11.7. The van der Waals surface area contributed by atoms with Gasteiger partial charge < -0.3 is 0 Å². The molecule has 0 amide bonds. The average molecular weight is 763 g/mol. The molecule has 13 aromatic rings. The van der Waals surface area contributed by atoms with Gasteiger partial charge in [0.05, 0.1) is 0 Å². The summed E-state index contributed by atoms with van der Waals surface area (Å²) in [4.78, 5) is 0. The van der Waals surface area contributed by atoms with Crippen molar-refractivity contribution in [1.82, 2.24) is 0 Å². The van der Waals surface area contributed by atoms with Crippen molar-refractivity contribution >= 4 is 107 Å². The molecule has 13 rings (SSSR count). The van der Waals surface area contributed by atoms with Crippen LogP contribution < -0.4 is 0 Å². The molecule has 0 bridgehead atoms. The first kappa shape index (κ1) is 32.7. The molecule has 0 radical (unpaired) electrons. The van der Waals surface area contributed by atoms with Crippen LogP contribution in [0.4, 0.5) is 0 Å². The fraction of sp³-hybridized carbons (Fsp3) is 0. The lowest BCUT2D eigenvalue weighted by atomic mass is 9.83. The number of thiophene rings is 1. The van der Waals surface area contributed by atoms with E-state index in [1.165, 1.54) is 129 Å². The minimum absolute atomic E-state index is 1.23. The molecule has 0 saturated carbocycles. The normalized spacial score (nSPS) is 12.1. The van der Waals surface area contributed by atoms with Gasteiger partial charge in [-0.2, -0.15) is 0 Å². The third-order valence-electron chi connectivity index (χ3n) is 12.8. The highest BCUT2D eigenvalue weighted by atomic mass is 32.1. The van der Waals surface area contributed by atoms with E-state index >= 15 is 0 Å². The van der Waals surface area contributed by atoms with Crippen LogP contribution in [0, 0.1) is 0 Å². The molecular weight excluding hydrogens is 729 g/mol. The van der Waals surface area contributed by atoms with E-state index in [-0.39, 0.29) is 0 Å². The van der Waals surface area contributed by atoms with Crippen molar-refractivity contribution in [3.63, 3.8) is 0 Å². The molecule has 0 spiro atoms. The highest BCUT2D eigenvalue weighted by molar-refractivity contribution is 7.27. The third-order valence-corrected chi connectivity index (χ3v) is 14.1. The van der Waals surface area contributed by atoms with Gasteiger partial charge in [0.2, 0.25) is 0 Å². The maximum absolute atomic E-state index is 2.45. The van der Waals surface area contributed by atoms with Crippen LogP contribution in [0.1, 0.15) is 0 Å². The van der Waals surface area contributed by atoms with Crippen molar-refractivity contribution in [1.29, 1.82) is 0 Å². The van der Waals surface area contributed by atoms with Crippen LogP contribution in [0.5, 0.6) is 0 Å². The SMILES string of the molecule is c1ccc2c(-c3c4ccccc4c(-c4ccc(-c5ccc6c(c5)c5ccccc5c5c7ccc8ccccc8c7sc65)c5ccccc45)c4ccccc34)cccc2c1. The molecule has 272 valence electrons. The summed E-state index contributed by atoms with van der Waals surface area (Å²) < 4.78 is 2.73. The standard InChI is InChI=1S/C58H34S/c1-3-17-38-35(14-1)16-13-27-44(38)54-46-23-9-11-25-48(46)55(49-26-12-10-24-47(49)54)50-33-32-39(41-19-5-6-20-42(41)50)37-29-30-51-53(34-37)43-21-7-8-22-45(43)56-52-31-28-36-15-2-4-18-40(36)57(52)59-58(51)56/h1-34H. The Kier molecular flexibility index (Phi) is 6.98. The van der Waals surface area contributed by atoms with E-state index in [1.54, 1.807) is 0 Å². The van der Waals surface area contributed by atoms with Crippen molar-refractivity contribution in [3.05, 3.63) is 206 Å². The Morgan fingerprint density at radius 1 is 0.237 bits per heavy atom. The molecule has 0 aliphatic rings. The van der Waals surface area contributed by atoms with Gasteiger partial charge in [-0.05, 0) is 109 Å². The predicted molar refractivity (Wildman–Crippen MR) is 258 cm³/mol. The predicted octanol–water partition coefficient (Wildman–Crippen LogP) is 17.1. The Morgan fingerprint density at radius 3 is 1.39 bits per heavy atom. The molecule has 0 saturated heterocycles. The van der Waals surface area contributed by atoms with Gasteiger partial charge in [0.1, 0.15) is 0 Å². The van der Waals surface area contributed by atoms with Crippen molar-refractivity contribution in [2.75, 3.05) is 0 Å². The summed E-state index contributed by atoms with van der Waals surface area (Å²) in [6.07, 6.45) is 0. The lowest BCUT2D eigenvalue weighted by Crippen LogP contribution is -1.93. The topological polar surface area (TPSA) is 0 Å². The van der Waals surface area contributed by atoms with E-state index in [0.29, 0.717) is 0 Å². The molecule has 1 heteroatoms. The highest BCUT2D eigenvalue weighted by Gasteiger charge is 2.21. The van der Waals surface area contributed by atoms with Gasteiger partial charge in [-0.25, -0.2) is 0 Å². The summed E-state index contributed by atoms with van der Waals surface area (Å²) in [7, 11) is 0. The number of benzene rings is 12. The molecule has 0 N–H and O–H groups in total. The van der Waals surface area contributed by atoms with Crippen molar-refractivity contribution in [2.45, 2.75) is 0 Å². The van der Waals surface area contributed by atoms with E-state index in [1.807, 2.05) is 11.3 Å². The third kappa shape index (κ3) is 4.71. The summed E-state index contributed by atoms with van der Waals surface area (Å²) in [5.74, 6) is 0. The van der Waals surface area contributed by atoms with Gasteiger partial charge in [-0.1, -0.05) is 200 Å². The Morgan fingerprint density at radius 2 is 0.712 bits per heavy atom. The zero-order valence-corrected chi connectivity index (χ0v) is 32.9. The lowest BCUT2D eigenvalue weighted by Gasteiger charge is -2.20. The van der Waals surface area contributed by atoms with Crippen LogP contribution in [0.3, 0.4) is 0 Å². The summed E-state index contributed by atoms with van der Waals surface area (Å²) in [5.41, 5.74) is 7.59. The van der Waals surface area contributed by atoms with E-state index in [2.05, 4.69) is 206 Å². The Hall–Kier alpha value is -7.32. The first-order valence-corrected chi connectivity index (χ1v) is 21.2. The van der Waals surface area contributed by atoms with E-state index in [4.69, 9.17) is 0 Å². The van der Waals surface area contributed by atoms with E-state index in [9.17, 15) is 0 Å². The van der Waals surface area contributed by atoms with Crippen LogP contribution in [0.25, 0.3) is 129 Å². The van der Waals surface area contributed by atoms with Gasteiger partial charge in [-0.15, -0.1) is 11.3 Å². The number of hydrogen-bond donors (Lipinski definition) is 0. The average Bonchev–Trinajstić information content (AvgIpc) is 3.71. The van der Waals surface area contributed by atoms with Crippen LogP contribution in [-0.2, 0) is 0 Å². The molecule has 0 aliphatic carbocycles. The van der Waals surface area contributed by atoms with Gasteiger partial charge in [0.15, 0.2) is 0 Å². The second kappa shape index (κ2) is 12.6. The smallest absolute Gasteiger partial charge is 0.0440 e. The van der Waals surface area contributed by atoms with Crippen molar-refractivity contribution in [2.24, 2.45) is 0 Å². The maximum atomic E-state index is 2.45. The van der Waals surface area contributed by atoms with Gasteiger partial charge >= 0.3 is 0 Å². The highest BCUT2D eigenvalue weighted by Crippen LogP contribution is 2.49. The zero-order chi connectivity index (χ0) is 38.6. The molecular formula is C58H34S. The van der Waals surface area contributed by atoms with Crippen LogP contribution in [0.15, 0.2) is 206 Å². The Labute approximate surface area is 344 Å². The molecule has 1 aromatic heterocycles. The molecule has 0 nitrogen and oxygen atoms in total. The number of fused-ring (bicyclic) bond motifs is 14. The molecule has 0 atom stereocenters. The monoisotopic (exact) mass is 762 g/mol. The van der Waals surface area contributed by atoms with Crippen LogP contribution >= 0.6 is 11.3 Å².